The molecule has 2 aromatic carbocycles. The molecule has 3 heterocycles. The second-order valence-electron chi connectivity index (χ2n) is 8.65. The molecule has 0 radical (unpaired) electrons. The molecule has 5 rings (SSSR count). The highest BCUT2D eigenvalue weighted by molar-refractivity contribution is 6.42. The SMILES string of the molecule is CC1=C(C(=O)NCCCc2ccccc2)C(c2ccc(Cl)c(Cl)c2)n2ncc(C3OC(C)O3)c2N1. The summed E-state index contributed by atoms with van der Waals surface area (Å²) in [7, 11) is 0. The van der Waals surface area contributed by atoms with E-state index >= 15 is 0 Å². The molecule has 1 fully saturated rings. The molecule has 1 unspecified atom stereocenters. The topological polar surface area (TPSA) is 77.4 Å². The van der Waals surface area contributed by atoms with E-state index in [1.807, 2.05) is 38.1 Å². The van der Waals surface area contributed by atoms with Crippen molar-refractivity contribution in [2.75, 3.05) is 11.9 Å². The average Bonchev–Trinajstić information content (AvgIpc) is 3.24. The van der Waals surface area contributed by atoms with Gasteiger partial charge >= 0.3 is 0 Å². The molecular weight excluding hydrogens is 487 g/mol. The van der Waals surface area contributed by atoms with Gasteiger partial charge < -0.3 is 20.1 Å². The van der Waals surface area contributed by atoms with E-state index in [4.69, 9.17) is 32.7 Å². The van der Waals surface area contributed by atoms with E-state index in [0.29, 0.717) is 22.2 Å². The van der Waals surface area contributed by atoms with Gasteiger partial charge in [-0.15, -0.1) is 0 Å². The van der Waals surface area contributed by atoms with E-state index < -0.39 is 12.3 Å². The van der Waals surface area contributed by atoms with Crippen molar-refractivity contribution in [2.24, 2.45) is 0 Å². The highest BCUT2D eigenvalue weighted by Gasteiger charge is 2.38. The molecular formula is C26H26Cl2N4O3. The predicted octanol–water partition coefficient (Wildman–Crippen LogP) is 5.62. The maximum absolute atomic E-state index is 13.5. The molecule has 1 amide bonds. The molecule has 35 heavy (non-hydrogen) atoms. The van der Waals surface area contributed by atoms with Crippen molar-refractivity contribution in [1.82, 2.24) is 15.1 Å². The molecule has 1 atom stereocenters. The third-order valence-electron chi connectivity index (χ3n) is 6.21. The number of halogens is 2. The van der Waals surface area contributed by atoms with Crippen LogP contribution in [0.4, 0.5) is 5.82 Å². The van der Waals surface area contributed by atoms with Crippen LogP contribution in [0.25, 0.3) is 0 Å². The summed E-state index contributed by atoms with van der Waals surface area (Å²) < 4.78 is 13.1. The Morgan fingerprint density at radius 3 is 2.63 bits per heavy atom. The van der Waals surface area contributed by atoms with Crippen molar-refractivity contribution in [3.63, 3.8) is 0 Å². The van der Waals surface area contributed by atoms with Crippen LogP contribution in [0.5, 0.6) is 0 Å². The van der Waals surface area contributed by atoms with Crippen molar-refractivity contribution < 1.29 is 14.3 Å². The summed E-state index contributed by atoms with van der Waals surface area (Å²) in [6, 6.07) is 15.1. The summed E-state index contributed by atoms with van der Waals surface area (Å²) in [6.45, 7) is 4.27. The Labute approximate surface area is 214 Å². The molecule has 1 saturated heterocycles. The molecule has 0 spiro atoms. The largest absolute Gasteiger partial charge is 0.352 e. The Hall–Kier alpha value is -2.84. The lowest BCUT2D eigenvalue weighted by molar-refractivity contribution is -0.382. The number of nitrogens with zero attached hydrogens (tertiary/aromatic N) is 2. The van der Waals surface area contributed by atoms with Crippen LogP contribution in [0.3, 0.4) is 0 Å². The fourth-order valence-corrected chi connectivity index (χ4v) is 4.78. The second kappa shape index (κ2) is 10.0. The number of hydrogen-bond acceptors (Lipinski definition) is 5. The van der Waals surface area contributed by atoms with Crippen LogP contribution in [0.15, 0.2) is 66.0 Å². The summed E-state index contributed by atoms with van der Waals surface area (Å²) >= 11 is 12.5. The molecule has 2 N–H and O–H groups in total. The lowest BCUT2D eigenvalue weighted by atomic mass is 9.94. The number of allylic oxidation sites excluding steroid dienone is 1. The van der Waals surface area contributed by atoms with Crippen molar-refractivity contribution in [3.05, 3.63) is 92.7 Å². The highest BCUT2D eigenvalue weighted by Crippen LogP contribution is 2.43. The van der Waals surface area contributed by atoms with Gasteiger partial charge in [-0.1, -0.05) is 59.6 Å². The smallest absolute Gasteiger partial charge is 0.251 e. The van der Waals surface area contributed by atoms with Crippen LogP contribution in [-0.4, -0.2) is 28.5 Å². The quantitative estimate of drug-likeness (QED) is 0.401. The maximum Gasteiger partial charge on any atom is 0.251 e. The van der Waals surface area contributed by atoms with Gasteiger partial charge in [-0.05, 0) is 49.9 Å². The number of ether oxygens (including phenoxy) is 2. The molecule has 0 aliphatic carbocycles. The fourth-order valence-electron chi connectivity index (χ4n) is 4.47. The molecule has 2 aliphatic heterocycles. The van der Waals surface area contributed by atoms with Crippen molar-refractivity contribution in [3.8, 4) is 0 Å². The van der Waals surface area contributed by atoms with Gasteiger partial charge in [0.15, 0.2) is 12.6 Å². The molecule has 182 valence electrons. The zero-order valence-electron chi connectivity index (χ0n) is 19.4. The number of fused-ring (bicyclic) bond motifs is 1. The van der Waals surface area contributed by atoms with Crippen LogP contribution < -0.4 is 10.6 Å². The first-order valence-electron chi connectivity index (χ1n) is 11.6. The lowest BCUT2D eigenvalue weighted by Crippen LogP contribution is -2.36. The van der Waals surface area contributed by atoms with Gasteiger partial charge in [0.05, 0.1) is 27.4 Å². The molecule has 7 nitrogen and oxygen atoms in total. The Morgan fingerprint density at radius 2 is 1.91 bits per heavy atom. The van der Waals surface area contributed by atoms with Gasteiger partial charge in [-0.25, -0.2) is 4.68 Å². The van der Waals surface area contributed by atoms with E-state index in [1.165, 1.54) is 5.56 Å². The highest BCUT2D eigenvalue weighted by atomic mass is 35.5. The van der Waals surface area contributed by atoms with Gasteiger partial charge in [0.2, 0.25) is 0 Å². The minimum Gasteiger partial charge on any atom is -0.352 e. The summed E-state index contributed by atoms with van der Waals surface area (Å²) in [5.74, 6) is 0.558. The monoisotopic (exact) mass is 512 g/mol. The Balaban J connectivity index is 1.41. The fraction of sp³-hybridized carbons (Fsp3) is 0.308. The van der Waals surface area contributed by atoms with E-state index in [1.54, 1.807) is 23.0 Å². The van der Waals surface area contributed by atoms with Crippen LogP contribution in [0, 0.1) is 0 Å². The standard InChI is InChI=1S/C26H26Cl2N4O3/c1-15-22(25(33)29-12-6-9-17-7-4-3-5-8-17)23(18-10-11-20(27)21(28)13-18)32-24(31-15)19(14-30-32)26-34-16(2)35-26/h3-5,7-8,10-11,13-14,16,23,26,31H,6,9,12H2,1-2H3,(H,29,33). The normalized spacial score (nSPS) is 21.2. The molecule has 9 heteroatoms. The Kier molecular flexibility index (Phi) is 6.84. The Morgan fingerprint density at radius 1 is 1.14 bits per heavy atom. The number of aryl methyl sites for hydroxylation is 1. The van der Waals surface area contributed by atoms with Gasteiger partial charge in [0, 0.05) is 12.2 Å². The second-order valence-corrected chi connectivity index (χ2v) is 9.46. The third-order valence-corrected chi connectivity index (χ3v) is 6.95. The molecule has 0 bridgehead atoms. The number of hydrogen-bond donors (Lipinski definition) is 2. The van der Waals surface area contributed by atoms with E-state index in [-0.39, 0.29) is 12.2 Å². The van der Waals surface area contributed by atoms with Crippen LogP contribution in [-0.2, 0) is 20.7 Å². The molecule has 3 aromatic rings. The minimum atomic E-state index is -0.503. The summed E-state index contributed by atoms with van der Waals surface area (Å²) in [5, 5.41) is 11.9. The number of nitrogens with one attached hydrogen (secondary N) is 2. The van der Waals surface area contributed by atoms with E-state index in [9.17, 15) is 4.79 Å². The number of rotatable bonds is 7. The number of carbonyl (C=O) groups excluding carboxylic acids is 1. The van der Waals surface area contributed by atoms with Crippen LogP contribution in [0.1, 0.15) is 49.3 Å². The van der Waals surface area contributed by atoms with Crippen molar-refractivity contribution in [2.45, 2.75) is 45.3 Å². The number of aromatic nitrogens is 2. The molecule has 1 aromatic heterocycles. The first kappa shape index (κ1) is 23.9. The predicted molar refractivity (Wildman–Crippen MR) is 135 cm³/mol. The first-order valence-corrected chi connectivity index (χ1v) is 12.3. The average molecular weight is 513 g/mol. The van der Waals surface area contributed by atoms with Crippen molar-refractivity contribution >= 4 is 34.9 Å². The van der Waals surface area contributed by atoms with Gasteiger partial charge in [0.1, 0.15) is 11.9 Å². The number of benzene rings is 2. The number of amides is 1. The summed E-state index contributed by atoms with van der Waals surface area (Å²) in [6.07, 6.45) is 2.66. The van der Waals surface area contributed by atoms with Crippen LogP contribution >= 0.6 is 23.2 Å². The van der Waals surface area contributed by atoms with Crippen LogP contribution in [0.2, 0.25) is 10.0 Å². The zero-order valence-corrected chi connectivity index (χ0v) is 20.9. The van der Waals surface area contributed by atoms with E-state index in [0.717, 1.165) is 35.5 Å². The lowest BCUT2D eigenvalue weighted by Gasteiger charge is -2.35. The zero-order chi connectivity index (χ0) is 24.5. The Bertz CT molecular complexity index is 1270. The number of anilines is 1. The molecule has 2 aliphatic rings. The summed E-state index contributed by atoms with van der Waals surface area (Å²) in [5.41, 5.74) is 4.11. The number of carbonyl (C=O) groups is 1. The van der Waals surface area contributed by atoms with Gasteiger partial charge in [-0.3, -0.25) is 4.79 Å². The minimum absolute atomic E-state index is 0.161. The van der Waals surface area contributed by atoms with Gasteiger partial charge in [-0.2, -0.15) is 5.10 Å². The molecule has 0 saturated carbocycles. The van der Waals surface area contributed by atoms with E-state index in [2.05, 4.69) is 27.9 Å². The van der Waals surface area contributed by atoms with Crippen molar-refractivity contribution in [1.29, 1.82) is 0 Å². The van der Waals surface area contributed by atoms with Gasteiger partial charge in [0.25, 0.3) is 5.91 Å². The third kappa shape index (κ3) is 4.82. The summed E-state index contributed by atoms with van der Waals surface area (Å²) in [4.78, 5) is 13.5. The first-order chi connectivity index (χ1) is 16.9. The maximum atomic E-state index is 13.5.